The second-order valence-electron chi connectivity index (χ2n) is 11.1. The maximum atomic E-state index is 13.3. The van der Waals surface area contributed by atoms with Gasteiger partial charge in [0.2, 0.25) is 15.9 Å². The third-order valence-electron chi connectivity index (χ3n) is 7.84. The highest BCUT2D eigenvalue weighted by atomic mass is 32.2. The van der Waals surface area contributed by atoms with Crippen LogP contribution in [0.5, 0.6) is 0 Å². The Labute approximate surface area is 228 Å². The zero-order chi connectivity index (χ0) is 27.8. The summed E-state index contributed by atoms with van der Waals surface area (Å²) in [6.45, 7) is 3.29. The number of carbonyl (C=O) groups excluding carboxylic acids is 2. The Morgan fingerprint density at radius 2 is 1.77 bits per heavy atom. The molecule has 3 aliphatic rings. The fourth-order valence-corrected chi connectivity index (χ4v) is 6.20. The van der Waals surface area contributed by atoms with Gasteiger partial charge in [0.05, 0.1) is 23.5 Å². The van der Waals surface area contributed by atoms with Crippen LogP contribution in [0.1, 0.15) is 41.1 Å². The molecule has 1 saturated carbocycles. The van der Waals surface area contributed by atoms with E-state index in [4.69, 9.17) is 4.74 Å². The number of benzene rings is 2. The molecule has 2 heterocycles. The Morgan fingerprint density at radius 1 is 1.10 bits per heavy atom. The van der Waals surface area contributed by atoms with E-state index in [-0.39, 0.29) is 27.6 Å². The molecule has 2 aromatic carbocycles. The minimum absolute atomic E-state index is 0.0703. The third-order valence-corrected chi connectivity index (χ3v) is 9.67. The standard InChI is InChI=1S/C28H35FN4O5S/c1-32(2)39(36,37)22-11-7-20(8-12-22)26(34)31-24(27(35)33-15-28(16-33)17-38-18-28)4-3-13-30-25-14-23(25)19-5-9-21(29)10-6-19/h5-12,23-25,30H,3-4,13-18H2,1-2H3,(H,31,34)/t23-,24-,25+/m0/s1. The average molecular weight is 559 g/mol. The number of sulfonamides is 1. The molecule has 0 unspecified atom stereocenters. The molecule has 2 saturated heterocycles. The molecule has 11 heteroatoms. The molecule has 9 nitrogen and oxygen atoms in total. The summed E-state index contributed by atoms with van der Waals surface area (Å²) >= 11 is 0. The number of nitrogens with one attached hydrogen (secondary N) is 2. The van der Waals surface area contributed by atoms with Crippen molar-refractivity contribution in [2.45, 2.75) is 42.2 Å². The quantitative estimate of drug-likeness (QED) is 0.409. The summed E-state index contributed by atoms with van der Waals surface area (Å²) in [5.41, 5.74) is 1.47. The first kappa shape index (κ1) is 27.7. The monoisotopic (exact) mass is 558 g/mol. The molecule has 39 heavy (non-hydrogen) atoms. The molecule has 2 aromatic rings. The molecule has 0 bridgehead atoms. The number of nitrogens with zero attached hydrogens (tertiary/aromatic N) is 2. The van der Waals surface area contributed by atoms with Gasteiger partial charge in [0.15, 0.2) is 0 Å². The lowest BCUT2D eigenvalue weighted by Gasteiger charge is -2.55. The third kappa shape index (κ3) is 6.01. The fraction of sp³-hybridized carbons (Fsp3) is 0.500. The number of amides is 2. The Bertz CT molecular complexity index is 1300. The van der Waals surface area contributed by atoms with Gasteiger partial charge < -0.3 is 20.3 Å². The SMILES string of the molecule is CN(C)S(=O)(=O)c1ccc(C(=O)N[C@@H](CCCN[C@@H]2C[C@H]2c2ccc(F)cc2)C(=O)N2CC3(COC3)C2)cc1. The van der Waals surface area contributed by atoms with E-state index >= 15 is 0 Å². The van der Waals surface area contributed by atoms with Crippen molar-refractivity contribution < 1.29 is 27.1 Å². The highest BCUT2D eigenvalue weighted by Gasteiger charge is 2.51. The van der Waals surface area contributed by atoms with E-state index in [2.05, 4.69) is 10.6 Å². The van der Waals surface area contributed by atoms with Crippen LogP contribution in [0.2, 0.25) is 0 Å². The van der Waals surface area contributed by atoms with Crippen LogP contribution in [0.25, 0.3) is 0 Å². The summed E-state index contributed by atoms with van der Waals surface area (Å²) in [6.07, 6.45) is 2.15. The van der Waals surface area contributed by atoms with Crippen molar-refractivity contribution >= 4 is 21.8 Å². The van der Waals surface area contributed by atoms with Gasteiger partial charge in [0, 0.05) is 44.7 Å². The molecule has 3 fully saturated rings. The number of carbonyl (C=O) groups is 2. The maximum absolute atomic E-state index is 13.3. The van der Waals surface area contributed by atoms with Gasteiger partial charge in [-0.25, -0.2) is 17.1 Å². The van der Waals surface area contributed by atoms with Crippen LogP contribution in [0.4, 0.5) is 4.39 Å². The van der Waals surface area contributed by atoms with Crippen molar-refractivity contribution in [2.75, 3.05) is 46.9 Å². The predicted molar refractivity (Wildman–Crippen MR) is 143 cm³/mol. The van der Waals surface area contributed by atoms with Gasteiger partial charge in [0.1, 0.15) is 11.9 Å². The summed E-state index contributed by atoms with van der Waals surface area (Å²) < 4.78 is 44.3. The van der Waals surface area contributed by atoms with Crippen LogP contribution in [-0.4, -0.2) is 88.5 Å². The smallest absolute Gasteiger partial charge is 0.251 e. The minimum atomic E-state index is -3.60. The highest BCUT2D eigenvalue weighted by Crippen LogP contribution is 2.41. The molecule has 1 spiro atoms. The molecule has 1 aliphatic carbocycles. The number of rotatable bonds is 11. The van der Waals surface area contributed by atoms with Gasteiger partial charge in [-0.1, -0.05) is 12.1 Å². The van der Waals surface area contributed by atoms with E-state index in [1.54, 1.807) is 4.90 Å². The zero-order valence-corrected chi connectivity index (χ0v) is 23.0. The van der Waals surface area contributed by atoms with Gasteiger partial charge >= 0.3 is 0 Å². The normalized spacial score (nSPS) is 22.2. The van der Waals surface area contributed by atoms with Crippen molar-refractivity contribution in [1.82, 2.24) is 19.8 Å². The number of likely N-dealkylation sites (tertiary alicyclic amines) is 1. The second kappa shape index (κ2) is 11.0. The molecular formula is C28H35FN4O5S. The molecular weight excluding hydrogens is 523 g/mol. The first-order valence-corrected chi connectivity index (χ1v) is 14.7. The first-order valence-electron chi connectivity index (χ1n) is 13.3. The van der Waals surface area contributed by atoms with E-state index in [9.17, 15) is 22.4 Å². The molecule has 2 N–H and O–H groups in total. The van der Waals surface area contributed by atoms with Gasteiger partial charge in [-0.15, -0.1) is 0 Å². The van der Waals surface area contributed by atoms with Crippen molar-refractivity contribution in [3.05, 3.63) is 65.5 Å². The number of halogens is 1. The van der Waals surface area contributed by atoms with Crippen molar-refractivity contribution in [3.8, 4) is 0 Å². The lowest BCUT2D eigenvalue weighted by atomic mass is 9.77. The highest BCUT2D eigenvalue weighted by molar-refractivity contribution is 7.89. The summed E-state index contributed by atoms with van der Waals surface area (Å²) in [5, 5.41) is 6.39. The molecule has 2 aliphatic heterocycles. The van der Waals surface area contributed by atoms with Crippen molar-refractivity contribution in [3.63, 3.8) is 0 Å². The van der Waals surface area contributed by atoms with Crippen LogP contribution in [-0.2, 0) is 19.6 Å². The molecule has 0 aromatic heterocycles. The van der Waals surface area contributed by atoms with Crippen LogP contribution >= 0.6 is 0 Å². The summed E-state index contributed by atoms with van der Waals surface area (Å²) in [6, 6.07) is 12.0. The molecule has 2 amide bonds. The van der Waals surface area contributed by atoms with E-state index < -0.39 is 22.0 Å². The van der Waals surface area contributed by atoms with Gasteiger partial charge in [0.25, 0.3) is 5.91 Å². The summed E-state index contributed by atoms with van der Waals surface area (Å²) in [7, 11) is -0.710. The Morgan fingerprint density at radius 3 is 2.36 bits per heavy atom. The van der Waals surface area contributed by atoms with E-state index in [0.29, 0.717) is 57.6 Å². The summed E-state index contributed by atoms with van der Waals surface area (Å²) in [5.74, 6) is -0.405. The molecule has 0 radical (unpaired) electrons. The molecule has 3 atom stereocenters. The zero-order valence-electron chi connectivity index (χ0n) is 22.2. The topological polar surface area (TPSA) is 108 Å². The molecule has 5 rings (SSSR count). The number of hydrogen-bond donors (Lipinski definition) is 2. The Balaban J connectivity index is 1.17. The van der Waals surface area contributed by atoms with Gasteiger partial charge in [-0.2, -0.15) is 0 Å². The van der Waals surface area contributed by atoms with Crippen LogP contribution < -0.4 is 10.6 Å². The summed E-state index contributed by atoms with van der Waals surface area (Å²) in [4.78, 5) is 28.2. The first-order chi connectivity index (χ1) is 18.6. The minimum Gasteiger partial charge on any atom is -0.380 e. The van der Waals surface area contributed by atoms with Crippen LogP contribution in [0.15, 0.2) is 53.4 Å². The van der Waals surface area contributed by atoms with Crippen molar-refractivity contribution in [2.24, 2.45) is 5.41 Å². The van der Waals surface area contributed by atoms with Crippen LogP contribution in [0, 0.1) is 11.2 Å². The number of ether oxygens (including phenoxy) is 1. The lowest BCUT2D eigenvalue weighted by molar-refractivity contribution is -0.196. The van der Waals surface area contributed by atoms with E-state index in [1.165, 1.54) is 50.5 Å². The average Bonchev–Trinajstić information content (AvgIpc) is 3.64. The van der Waals surface area contributed by atoms with Crippen LogP contribution in [0.3, 0.4) is 0 Å². The van der Waals surface area contributed by atoms with E-state index in [1.807, 2.05) is 12.1 Å². The van der Waals surface area contributed by atoms with Gasteiger partial charge in [-0.05, 0) is 67.8 Å². The van der Waals surface area contributed by atoms with Crippen molar-refractivity contribution in [1.29, 1.82) is 0 Å². The van der Waals surface area contributed by atoms with Gasteiger partial charge in [-0.3, -0.25) is 9.59 Å². The molecule has 210 valence electrons. The van der Waals surface area contributed by atoms with E-state index in [0.717, 1.165) is 16.3 Å². The lowest BCUT2D eigenvalue weighted by Crippen LogP contribution is -2.69. The Kier molecular flexibility index (Phi) is 7.78. The Hall–Kier alpha value is -2.86. The largest absolute Gasteiger partial charge is 0.380 e. The number of hydrogen-bond acceptors (Lipinski definition) is 6. The maximum Gasteiger partial charge on any atom is 0.251 e. The second-order valence-corrected chi connectivity index (χ2v) is 13.3. The predicted octanol–water partition coefficient (Wildman–Crippen LogP) is 1.96. The fourth-order valence-electron chi connectivity index (χ4n) is 5.29.